The van der Waals surface area contributed by atoms with Gasteiger partial charge in [0.05, 0.1) is 19.8 Å². The molecule has 1 rings (SSSR count). The Hall–Kier alpha value is -2.04. The molecule has 0 atom stereocenters. The number of carbonyl (C=O) groups is 2. The fourth-order valence-corrected chi connectivity index (χ4v) is 2.49. The first-order chi connectivity index (χ1) is 12.0. The molecule has 0 unspecified atom stereocenters. The molecule has 0 fully saturated rings. The number of aryl methyl sites for hydroxylation is 2. The van der Waals surface area contributed by atoms with Crippen molar-refractivity contribution in [3.8, 4) is 5.75 Å². The lowest BCUT2D eigenvalue weighted by Crippen LogP contribution is -2.28. The van der Waals surface area contributed by atoms with Crippen molar-refractivity contribution >= 4 is 11.9 Å². The fourth-order valence-electron chi connectivity index (χ4n) is 2.49. The monoisotopic (exact) mass is 350 g/mol. The van der Waals surface area contributed by atoms with E-state index >= 15 is 0 Å². The van der Waals surface area contributed by atoms with Crippen LogP contribution in [-0.4, -0.2) is 31.8 Å². The molecular weight excluding hydrogens is 320 g/mol. The molecule has 0 saturated carbocycles. The maximum Gasteiger partial charge on any atom is 0.320 e. The van der Waals surface area contributed by atoms with Gasteiger partial charge in [0.15, 0.2) is 5.92 Å². The molecule has 0 radical (unpaired) electrons. The predicted octanol–water partition coefficient (Wildman–Crippen LogP) is 3.99. The quantitative estimate of drug-likeness (QED) is 0.343. The van der Waals surface area contributed by atoms with Crippen molar-refractivity contribution in [3.63, 3.8) is 0 Å². The number of rotatable bonds is 11. The molecular formula is C20H30O5. The lowest BCUT2D eigenvalue weighted by Gasteiger charge is -2.14. The zero-order chi connectivity index (χ0) is 18.7. The number of unbranched alkanes of at least 4 members (excludes halogenated alkanes) is 2. The SMILES string of the molecule is CCOC(=O)C(CCCCCOc1cc(C)ccc1C)C(=O)OCC. The number of esters is 2. The zero-order valence-electron chi connectivity index (χ0n) is 15.8. The maximum atomic E-state index is 11.9. The summed E-state index contributed by atoms with van der Waals surface area (Å²) in [7, 11) is 0. The summed E-state index contributed by atoms with van der Waals surface area (Å²) in [5.41, 5.74) is 2.29. The summed E-state index contributed by atoms with van der Waals surface area (Å²) in [6.45, 7) is 8.66. The van der Waals surface area contributed by atoms with E-state index in [2.05, 4.69) is 6.07 Å². The molecule has 0 spiro atoms. The van der Waals surface area contributed by atoms with Gasteiger partial charge in [-0.2, -0.15) is 0 Å². The van der Waals surface area contributed by atoms with E-state index in [-0.39, 0.29) is 13.2 Å². The summed E-state index contributed by atoms with van der Waals surface area (Å²) in [6, 6.07) is 6.15. The minimum absolute atomic E-state index is 0.262. The lowest BCUT2D eigenvalue weighted by molar-refractivity contribution is -0.161. The summed E-state index contributed by atoms with van der Waals surface area (Å²) in [5, 5.41) is 0. The first-order valence-electron chi connectivity index (χ1n) is 9.02. The zero-order valence-corrected chi connectivity index (χ0v) is 15.8. The normalized spacial score (nSPS) is 10.6. The van der Waals surface area contributed by atoms with E-state index in [1.54, 1.807) is 13.8 Å². The van der Waals surface area contributed by atoms with E-state index < -0.39 is 17.9 Å². The van der Waals surface area contributed by atoms with Gasteiger partial charge in [0.1, 0.15) is 5.75 Å². The Morgan fingerprint density at radius 1 is 0.960 bits per heavy atom. The topological polar surface area (TPSA) is 61.8 Å². The van der Waals surface area contributed by atoms with Crippen LogP contribution in [-0.2, 0) is 19.1 Å². The van der Waals surface area contributed by atoms with Gasteiger partial charge >= 0.3 is 11.9 Å². The largest absolute Gasteiger partial charge is 0.493 e. The minimum atomic E-state index is -0.820. The van der Waals surface area contributed by atoms with Gasteiger partial charge in [-0.15, -0.1) is 0 Å². The first-order valence-corrected chi connectivity index (χ1v) is 9.02. The van der Waals surface area contributed by atoms with E-state index in [0.29, 0.717) is 13.0 Å². The average Bonchev–Trinajstić information content (AvgIpc) is 2.57. The van der Waals surface area contributed by atoms with Crippen LogP contribution < -0.4 is 4.74 Å². The van der Waals surface area contributed by atoms with Crippen LogP contribution in [0.5, 0.6) is 5.75 Å². The van der Waals surface area contributed by atoms with Crippen LogP contribution in [0.4, 0.5) is 0 Å². The molecule has 0 aliphatic heterocycles. The summed E-state index contributed by atoms with van der Waals surface area (Å²) >= 11 is 0. The Labute approximate surface area is 150 Å². The van der Waals surface area contributed by atoms with Gasteiger partial charge in [-0.1, -0.05) is 25.0 Å². The van der Waals surface area contributed by atoms with Crippen molar-refractivity contribution in [3.05, 3.63) is 29.3 Å². The van der Waals surface area contributed by atoms with Gasteiger partial charge < -0.3 is 14.2 Å². The van der Waals surface area contributed by atoms with Crippen molar-refractivity contribution in [2.75, 3.05) is 19.8 Å². The molecule has 1 aromatic rings. The number of carbonyl (C=O) groups excluding carboxylic acids is 2. The van der Waals surface area contributed by atoms with Gasteiger partial charge in [-0.25, -0.2) is 0 Å². The Morgan fingerprint density at radius 2 is 1.60 bits per heavy atom. The van der Waals surface area contributed by atoms with Gasteiger partial charge in [0.2, 0.25) is 0 Å². The second kappa shape index (κ2) is 11.5. The van der Waals surface area contributed by atoms with E-state index in [9.17, 15) is 9.59 Å². The number of ether oxygens (including phenoxy) is 3. The predicted molar refractivity (Wildman–Crippen MR) is 96.6 cm³/mol. The minimum Gasteiger partial charge on any atom is -0.493 e. The van der Waals surface area contributed by atoms with Crippen molar-refractivity contribution in [2.45, 2.75) is 53.4 Å². The summed E-state index contributed by atoms with van der Waals surface area (Å²) < 4.78 is 15.7. The van der Waals surface area contributed by atoms with Gasteiger partial charge in [-0.05, 0) is 57.7 Å². The molecule has 0 heterocycles. The van der Waals surface area contributed by atoms with Crippen LogP contribution in [0, 0.1) is 19.8 Å². The molecule has 0 amide bonds. The van der Waals surface area contributed by atoms with Gasteiger partial charge in [-0.3, -0.25) is 9.59 Å². The Balaban J connectivity index is 2.34. The number of benzene rings is 1. The highest BCUT2D eigenvalue weighted by Gasteiger charge is 2.28. The van der Waals surface area contributed by atoms with Crippen LogP contribution in [0.3, 0.4) is 0 Å². The smallest absolute Gasteiger partial charge is 0.320 e. The molecule has 1 aromatic carbocycles. The van der Waals surface area contributed by atoms with Crippen LogP contribution >= 0.6 is 0 Å². The van der Waals surface area contributed by atoms with Crippen molar-refractivity contribution in [1.29, 1.82) is 0 Å². The van der Waals surface area contributed by atoms with Gasteiger partial charge in [0, 0.05) is 0 Å². The van der Waals surface area contributed by atoms with E-state index in [1.165, 1.54) is 5.56 Å². The van der Waals surface area contributed by atoms with E-state index in [4.69, 9.17) is 14.2 Å². The maximum absolute atomic E-state index is 11.9. The van der Waals surface area contributed by atoms with Crippen LogP contribution in [0.25, 0.3) is 0 Å². The summed E-state index contributed by atoms with van der Waals surface area (Å²) in [4.78, 5) is 23.8. The lowest BCUT2D eigenvalue weighted by atomic mass is 10.0. The summed E-state index contributed by atoms with van der Waals surface area (Å²) in [5.74, 6) is -0.893. The van der Waals surface area contributed by atoms with E-state index in [0.717, 1.165) is 30.6 Å². The van der Waals surface area contributed by atoms with Crippen molar-refractivity contribution in [2.24, 2.45) is 5.92 Å². The molecule has 0 aromatic heterocycles. The van der Waals surface area contributed by atoms with Gasteiger partial charge in [0.25, 0.3) is 0 Å². The molecule has 0 N–H and O–H groups in total. The summed E-state index contributed by atoms with van der Waals surface area (Å²) in [6.07, 6.45) is 2.94. The first kappa shape index (κ1) is 21.0. The van der Waals surface area contributed by atoms with Crippen molar-refractivity contribution < 1.29 is 23.8 Å². The van der Waals surface area contributed by atoms with Crippen molar-refractivity contribution in [1.82, 2.24) is 0 Å². The van der Waals surface area contributed by atoms with Crippen LogP contribution in [0.2, 0.25) is 0 Å². The second-order valence-electron chi connectivity index (χ2n) is 6.02. The molecule has 0 bridgehead atoms. The highest BCUT2D eigenvalue weighted by atomic mass is 16.6. The Bertz CT molecular complexity index is 535. The number of hydrogen-bond acceptors (Lipinski definition) is 5. The molecule has 5 heteroatoms. The standard InChI is InChI=1S/C20H30O5/c1-5-23-19(21)17(20(22)24-6-2)10-8-7-9-13-25-18-14-15(3)11-12-16(18)4/h11-12,14,17H,5-10,13H2,1-4H3. The molecule has 5 nitrogen and oxygen atoms in total. The average molecular weight is 350 g/mol. The highest BCUT2D eigenvalue weighted by Crippen LogP contribution is 2.20. The molecule has 0 saturated heterocycles. The molecule has 25 heavy (non-hydrogen) atoms. The third-order valence-corrected chi connectivity index (χ3v) is 3.88. The second-order valence-corrected chi connectivity index (χ2v) is 6.02. The molecule has 0 aliphatic rings. The number of hydrogen-bond donors (Lipinski definition) is 0. The fraction of sp³-hybridized carbons (Fsp3) is 0.600. The van der Waals surface area contributed by atoms with Crippen LogP contribution in [0.1, 0.15) is 50.7 Å². The Morgan fingerprint density at radius 3 is 2.20 bits per heavy atom. The third kappa shape index (κ3) is 7.59. The Kier molecular flexibility index (Phi) is 9.66. The van der Waals surface area contributed by atoms with Crippen LogP contribution in [0.15, 0.2) is 18.2 Å². The molecule has 140 valence electrons. The molecule has 0 aliphatic carbocycles. The van der Waals surface area contributed by atoms with E-state index in [1.807, 2.05) is 26.0 Å². The highest BCUT2D eigenvalue weighted by molar-refractivity contribution is 5.94. The third-order valence-electron chi connectivity index (χ3n) is 3.88.